The van der Waals surface area contributed by atoms with E-state index < -0.39 is 5.25 Å². The number of rotatable bonds is 8. The number of carbonyl (C=O) groups excluding carboxylic acids is 1. The molecule has 0 aliphatic rings. The molecule has 1 unspecified atom stereocenters. The summed E-state index contributed by atoms with van der Waals surface area (Å²) < 4.78 is 16.6. The van der Waals surface area contributed by atoms with Crippen LogP contribution in [0.1, 0.15) is 21.2 Å². The zero-order chi connectivity index (χ0) is 23.5. The monoisotopic (exact) mass is 471 g/mol. The van der Waals surface area contributed by atoms with Gasteiger partial charge in [0.05, 0.1) is 14.2 Å². The molecule has 0 amide bonds. The van der Waals surface area contributed by atoms with E-state index in [0.717, 1.165) is 16.5 Å². The van der Waals surface area contributed by atoms with Gasteiger partial charge in [0.15, 0.2) is 5.78 Å². The van der Waals surface area contributed by atoms with E-state index in [9.17, 15) is 4.79 Å². The molecule has 2 aromatic heterocycles. The van der Waals surface area contributed by atoms with Crippen molar-refractivity contribution in [1.82, 2.24) is 15.2 Å². The van der Waals surface area contributed by atoms with E-state index in [2.05, 4.69) is 15.2 Å². The highest BCUT2D eigenvalue weighted by atomic mass is 32.2. The molecule has 5 aromatic rings. The van der Waals surface area contributed by atoms with Gasteiger partial charge in [0, 0.05) is 34.3 Å². The molecule has 5 rings (SSSR count). The quantitative estimate of drug-likeness (QED) is 0.221. The molecular formula is C26H21N3O4S. The van der Waals surface area contributed by atoms with Crippen molar-refractivity contribution >= 4 is 28.4 Å². The van der Waals surface area contributed by atoms with Crippen molar-refractivity contribution in [2.75, 3.05) is 14.2 Å². The topological polar surface area (TPSA) is 90.2 Å². The molecular weight excluding hydrogens is 450 g/mol. The molecule has 3 aromatic carbocycles. The maximum absolute atomic E-state index is 13.7. The van der Waals surface area contributed by atoms with E-state index in [0.29, 0.717) is 33.7 Å². The van der Waals surface area contributed by atoms with E-state index >= 15 is 0 Å². The average Bonchev–Trinajstić information content (AvgIpc) is 3.54. The Kier molecular flexibility index (Phi) is 6.05. The fourth-order valence-electron chi connectivity index (χ4n) is 3.72. The van der Waals surface area contributed by atoms with Gasteiger partial charge in [0.1, 0.15) is 16.7 Å². The minimum atomic E-state index is -0.562. The molecule has 0 spiro atoms. The Morgan fingerprint density at radius 1 is 0.941 bits per heavy atom. The normalized spacial score (nSPS) is 11.9. The lowest BCUT2D eigenvalue weighted by Crippen LogP contribution is -2.09. The van der Waals surface area contributed by atoms with Crippen LogP contribution in [0.4, 0.5) is 0 Å². The van der Waals surface area contributed by atoms with Crippen LogP contribution in [0, 0.1) is 0 Å². The number of ether oxygens (including phenoxy) is 2. The molecule has 0 fully saturated rings. The van der Waals surface area contributed by atoms with Crippen LogP contribution in [0.15, 0.2) is 88.6 Å². The van der Waals surface area contributed by atoms with Gasteiger partial charge < -0.3 is 18.9 Å². The second-order valence-electron chi connectivity index (χ2n) is 7.50. The summed E-state index contributed by atoms with van der Waals surface area (Å²) in [6.45, 7) is 0. The van der Waals surface area contributed by atoms with Gasteiger partial charge in [-0.2, -0.15) is 0 Å². The summed E-state index contributed by atoms with van der Waals surface area (Å²) in [4.78, 5) is 16.9. The van der Waals surface area contributed by atoms with Crippen molar-refractivity contribution in [3.8, 4) is 23.0 Å². The third-order valence-electron chi connectivity index (χ3n) is 5.42. The second kappa shape index (κ2) is 9.44. The number of fused-ring (bicyclic) bond motifs is 1. The molecule has 2 heterocycles. The predicted octanol–water partition coefficient (Wildman–Crippen LogP) is 5.95. The number of H-pyrrole nitrogens is 1. The lowest BCUT2D eigenvalue weighted by molar-refractivity contribution is 0.0990. The van der Waals surface area contributed by atoms with Crippen LogP contribution in [0.3, 0.4) is 0 Å². The molecule has 0 saturated carbocycles. The number of methoxy groups -OCH3 is 2. The van der Waals surface area contributed by atoms with Gasteiger partial charge in [-0.25, -0.2) is 0 Å². The number of benzene rings is 3. The van der Waals surface area contributed by atoms with E-state index in [-0.39, 0.29) is 5.78 Å². The lowest BCUT2D eigenvalue weighted by Gasteiger charge is -2.13. The molecule has 7 nitrogen and oxygen atoms in total. The molecule has 0 saturated heterocycles. The Labute approximate surface area is 200 Å². The van der Waals surface area contributed by atoms with Gasteiger partial charge in [0.25, 0.3) is 5.22 Å². The molecule has 0 aliphatic carbocycles. The van der Waals surface area contributed by atoms with Gasteiger partial charge in [-0.05, 0) is 35.5 Å². The highest BCUT2D eigenvalue weighted by Gasteiger charge is 2.28. The molecule has 0 radical (unpaired) electrons. The number of nitrogens with zero attached hydrogens (tertiary/aromatic N) is 2. The maximum Gasteiger partial charge on any atom is 0.277 e. The molecule has 0 aliphatic heterocycles. The van der Waals surface area contributed by atoms with Crippen LogP contribution in [-0.4, -0.2) is 35.2 Å². The minimum Gasteiger partial charge on any atom is -0.497 e. The maximum atomic E-state index is 13.7. The van der Waals surface area contributed by atoms with Crippen molar-refractivity contribution in [3.63, 3.8) is 0 Å². The first-order valence-electron chi connectivity index (χ1n) is 10.5. The van der Waals surface area contributed by atoms with Crippen molar-refractivity contribution < 1.29 is 18.7 Å². The fraction of sp³-hybridized carbons (Fsp3) is 0.115. The lowest BCUT2D eigenvalue weighted by atomic mass is 10.0. The SMILES string of the molecule is COc1cc(OC)cc(-c2nnc(SC(C(=O)c3c[nH]c4ccccc34)c3ccccc3)o2)c1. The Bertz CT molecular complexity index is 1420. The van der Waals surface area contributed by atoms with Gasteiger partial charge in [-0.3, -0.25) is 4.79 Å². The van der Waals surface area contributed by atoms with Crippen molar-refractivity contribution in [2.45, 2.75) is 10.5 Å². The number of nitrogens with one attached hydrogen (secondary N) is 1. The van der Waals surface area contributed by atoms with E-state index in [1.165, 1.54) is 11.8 Å². The van der Waals surface area contributed by atoms with Crippen LogP contribution in [0.5, 0.6) is 11.5 Å². The van der Waals surface area contributed by atoms with E-state index in [1.54, 1.807) is 38.6 Å². The number of para-hydroxylation sites is 1. The molecule has 34 heavy (non-hydrogen) atoms. The van der Waals surface area contributed by atoms with Crippen LogP contribution in [0.2, 0.25) is 0 Å². The smallest absolute Gasteiger partial charge is 0.277 e. The first-order chi connectivity index (χ1) is 16.7. The summed E-state index contributed by atoms with van der Waals surface area (Å²) in [5.74, 6) is 1.49. The Morgan fingerprint density at radius 2 is 1.65 bits per heavy atom. The highest BCUT2D eigenvalue weighted by molar-refractivity contribution is 8.00. The zero-order valence-electron chi connectivity index (χ0n) is 18.5. The summed E-state index contributed by atoms with van der Waals surface area (Å²) in [5.41, 5.74) is 3.05. The first kappa shape index (κ1) is 21.8. The van der Waals surface area contributed by atoms with Gasteiger partial charge in [-0.1, -0.05) is 48.5 Å². The third-order valence-corrected chi connectivity index (χ3v) is 6.51. The fourth-order valence-corrected chi connectivity index (χ4v) is 4.67. The summed E-state index contributed by atoms with van der Waals surface area (Å²) in [5, 5.41) is 9.00. The largest absolute Gasteiger partial charge is 0.497 e. The van der Waals surface area contributed by atoms with Crippen molar-refractivity contribution in [1.29, 1.82) is 0 Å². The Hall–Kier alpha value is -4.04. The van der Waals surface area contributed by atoms with Crippen LogP contribution < -0.4 is 9.47 Å². The first-order valence-corrected chi connectivity index (χ1v) is 11.4. The number of aromatic amines is 1. The van der Waals surface area contributed by atoms with Gasteiger partial charge >= 0.3 is 0 Å². The molecule has 0 bridgehead atoms. The highest BCUT2D eigenvalue weighted by Crippen LogP contribution is 2.39. The summed E-state index contributed by atoms with van der Waals surface area (Å²) in [6.07, 6.45) is 1.76. The molecule has 1 N–H and O–H groups in total. The molecule has 8 heteroatoms. The second-order valence-corrected chi connectivity index (χ2v) is 8.55. The number of ketones is 1. The average molecular weight is 472 g/mol. The van der Waals surface area contributed by atoms with E-state index in [1.807, 2.05) is 54.6 Å². The van der Waals surface area contributed by atoms with Crippen LogP contribution in [0.25, 0.3) is 22.4 Å². The summed E-state index contributed by atoms with van der Waals surface area (Å²) in [7, 11) is 3.16. The van der Waals surface area contributed by atoms with E-state index in [4.69, 9.17) is 13.9 Å². The Balaban J connectivity index is 1.49. The minimum absolute atomic E-state index is 0.0450. The molecule has 1 atom stereocenters. The number of Topliss-reactive ketones (excluding diaryl/α,β-unsaturated/α-hetero) is 1. The number of hydrogen-bond donors (Lipinski definition) is 1. The summed E-state index contributed by atoms with van der Waals surface area (Å²) >= 11 is 1.23. The number of thioether (sulfide) groups is 1. The molecule has 170 valence electrons. The van der Waals surface area contributed by atoms with Crippen LogP contribution in [-0.2, 0) is 0 Å². The Morgan fingerprint density at radius 3 is 2.38 bits per heavy atom. The standard InChI is InChI=1S/C26H21N3O4S/c1-31-18-12-17(13-19(14-18)32-2)25-28-29-26(33-25)34-24(16-8-4-3-5-9-16)23(30)21-15-27-22-11-7-6-10-20(21)22/h3-15,24,27H,1-2H3. The van der Waals surface area contributed by atoms with Gasteiger partial charge in [0.2, 0.25) is 5.89 Å². The zero-order valence-corrected chi connectivity index (χ0v) is 19.3. The number of aromatic nitrogens is 3. The van der Waals surface area contributed by atoms with Crippen molar-refractivity contribution in [3.05, 3.63) is 90.1 Å². The summed E-state index contributed by atoms with van der Waals surface area (Å²) in [6, 6.07) is 22.7. The third kappa shape index (κ3) is 4.27. The van der Waals surface area contributed by atoms with Crippen LogP contribution >= 0.6 is 11.8 Å². The number of hydrogen-bond acceptors (Lipinski definition) is 7. The predicted molar refractivity (Wildman–Crippen MR) is 131 cm³/mol. The number of carbonyl (C=O) groups is 1. The van der Waals surface area contributed by atoms with Gasteiger partial charge in [-0.15, -0.1) is 10.2 Å². The van der Waals surface area contributed by atoms with Crippen molar-refractivity contribution in [2.24, 2.45) is 0 Å².